The Morgan fingerprint density at radius 1 is 1.08 bits per heavy atom. The number of amides is 3. The second kappa shape index (κ2) is 11.9. The highest BCUT2D eigenvalue weighted by Gasteiger charge is 2.28. The van der Waals surface area contributed by atoms with Gasteiger partial charge in [0.1, 0.15) is 5.69 Å². The van der Waals surface area contributed by atoms with Crippen LogP contribution in [0.5, 0.6) is 0 Å². The van der Waals surface area contributed by atoms with Crippen LogP contribution in [0.2, 0.25) is 0 Å². The van der Waals surface area contributed by atoms with Gasteiger partial charge in [0.15, 0.2) is 5.69 Å². The summed E-state index contributed by atoms with van der Waals surface area (Å²) >= 11 is 0. The SMILES string of the molecule is CCN(CCC(=O)N[C@@H](C)c1ccccc1)C(=O)c1cc2n(n1)CCCN(Cc1cccc(C)c1)C2=O. The second-order valence-corrected chi connectivity index (χ2v) is 9.54. The van der Waals surface area contributed by atoms with E-state index in [9.17, 15) is 14.4 Å². The number of fused-ring (bicyclic) bond motifs is 1. The Hall–Kier alpha value is -3.94. The third-order valence-corrected chi connectivity index (χ3v) is 6.71. The minimum Gasteiger partial charge on any atom is -0.350 e. The normalized spacial score (nSPS) is 14.0. The van der Waals surface area contributed by atoms with Gasteiger partial charge < -0.3 is 15.1 Å². The van der Waals surface area contributed by atoms with Gasteiger partial charge in [0.05, 0.1) is 6.04 Å². The van der Waals surface area contributed by atoms with E-state index in [0.717, 1.165) is 23.1 Å². The molecular weight excluding hydrogens is 466 g/mol. The molecule has 1 aromatic heterocycles. The van der Waals surface area contributed by atoms with Gasteiger partial charge in [0.2, 0.25) is 5.91 Å². The minimum atomic E-state index is -0.273. The number of hydrogen-bond donors (Lipinski definition) is 1. The van der Waals surface area contributed by atoms with E-state index in [1.165, 1.54) is 0 Å². The van der Waals surface area contributed by atoms with Crippen molar-refractivity contribution in [1.82, 2.24) is 24.9 Å². The Morgan fingerprint density at radius 3 is 2.59 bits per heavy atom. The van der Waals surface area contributed by atoms with Crippen molar-refractivity contribution in [2.75, 3.05) is 19.6 Å². The summed E-state index contributed by atoms with van der Waals surface area (Å²) in [5.41, 5.74) is 3.93. The van der Waals surface area contributed by atoms with E-state index in [-0.39, 0.29) is 42.4 Å². The zero-order chi connectivity index (χ0) is 26.4. The van der Waals surface area contributed by atoms with Crippen molar-refractivity contribution in [3.05, 3.63) is 88.7 Å². The molecule has 2 aromatic carbocycles. The van der Waals surface area contributed by atoms with Gasteiger partial charge in [-0.1, -0.05) is 60.2 Å². The summed E-state index contributed by atoms with van der Waals surface area (Å²) in [6.07, 6.45) is 0.949. The van der Waals surface area contributed by atoms with E-state index in [4.69, 9.17) is 0 Å². The third kappa shape index (κ3) is 6.44. The molecule has 1 aliphatic heterocycles. The maximum Gasteiger partial charge on any atom is 0.274 e. The number of nitrogens with zero attached hydrogens (tertiary/aromatic N) is 4. The number of aromatic nitrogens is 2. The Morgan fingerprint density at radius 2 is 1.86 bits per heavy atom. The largest absolute Gasteiger partial charge is 0.350 e. The number of carbonyl (C=O) groups excluding carboxylic acids is 3. The molecule has 8 nitrogen and oxygen atoms in total. The highest BCUT2D eigenvalue weighted by atomic mass is 16.2. The van der Waals surface area contributed by atoms with E-state index in [0.29, 0.717) is 31.9 Å². The van der Waals surface area contributed by atoms with Crippen molar-refractivity contribution < 1.29 is 14.4 Å². The van der Waals surface area contributed by atoms with Crippen molar-refractivity contribution in [2.24, 2.45) is 0 Å². The molecule has 0 radical (unpaired) electrons. The zero-order valence-corrected chi connectivity index (χ0v) is 21.8. The molecule has 8 heteroatoms. The Kier molecular flexibility index (Phi) is 8.38. The summed E-state index contributed by atoms with van der Waals surface area (Å²) in [4.78, 5) is 42.5. The van der Waals surface area contributed by atoms with Gasteiger partial charge in [0.25, 0.3) is 11.8 Å². The first-order valence-electron chi connectivity index (χ1n) is 12.9. The molecule has 2 heterocycles. The molecule has 0 saturated carbocycles. The van der Waals surface area contributed by atoms with Crippen molar-refractivity contribution in [2.45, 2.75) is 52.7 Å². The van der Waals surface area contributed by atoms with E-state index in [1.54, 1.807) is 15.6 Å². The summed E-state index contributed by atoms with van der Waals surface area (Å²) < 4.78 is 1.65. The van der Waals surface area contributed by atoms with Gasteiger partial charge in [-0.3, -0.25) is 19.1 Å². The molecule has 37 heavy (non-hydrogen) atoms. The van der Waals surface area contributed by atoms with E-state index >= 15 is 0 Å². The lowest BCUT2D eigenvalue weighted by Crippen LogP contribution is -2.36. The predicted molar refractivity (Wildman–Crippen MR) is 142 cm³/mol. The van der Waals surface area contributed by atoms with E-state index in [1.807, 2.05) is 74.2 Å². The summed E-state index contributed by atoms with van der Waals surface area (Å²) in [6, 6.07) is 19.4. The smallest absolute Gasteiger partial charge is 0.274 e. The quantitative estimate of drug-likeness (QED) is 0.481. The molecule has 1 atom stereocenters. The molecule has 4 rings (SSSR count). The van der Waals surface area contributed by atoms with Crippen LogP contribution in [0.4, 0.5) is 0 Å². The highest BCUT2D eigenvalue weighted by molar-refractivity contribution is 5.98. The van der Waals surface area contributed by atoms with Crippen LogP contribution in [0, 0.1) is 6.92 Å². The Labute approximate surface area is 218 Å². The summed E-state index contributed by atoms with van der Waals surface area (Å²) in [6.45, 7) is 8.29. The summed E-state index contributed by atoms with van der Waals surface area (Å²) in [7, 11) is 0. The molecule has 0 unspecified atom stereocenters. The third-order valence-electron chi connectivity index (χ3n) is 6.71. The van der Waals surface area contributed by atoms with Crippen LogP contribution in [0.1, 0.15) is 70.4 Å². The fourth-order valence-corrected chi connectivity index (χ4v) is 4.66. The topological polar surface area (TPSA) is 87.5 Å². The fraction of sp³-hybridized carbons (Fsp3) is 0.379. The van der Waals surface area contributed by atoms with Crippen LogP contribution in [-0.2, 0) is 17.9 Å². The fourth-order valence-electron chi connectivity index (χ4n) is 4.66. The van der Waals surface area contributed by atoms with Crippen LogP contribution in [-0.4, -0.2) is 56.9 Å². The van der Waals surface area contributed by atoms with Crippen LogP contribution >= 0.6 is 0 Å². The minimum absolute atomic E-state index is 0.114. The summed E-state index contributed by atoms with van der Waals surface area (Å²) in [5.74, 6) is -0.516. The van der Waals surface area contributed by atoms with Crippen molar-refractivity contribution in [3.63, 3.8) is 0 Å². The van der Waals surface area contributed by atoms with Gasteiger partial charge in [-0.2, -0.15) is 5.10 Å². The molecule has 0 saturated heterocycles. The molecule has 0 fully saturated rings. The highest BCUT2D eigenvalue weighted by Crippen LogP contribution is 2.18. The van der Waals surface area contributed by atoms with Crippen molar-refractivity contribution in [3.8, 4) is 0 Å². The molecule has 194 valence electrons. The average Bonchev–Trinajstić information content (AvgIpc) is 3.26. The van der Waals surface area contributed by atoms with Gasteiger partial charge in [-0.25, -0.2) is 0 Å². The molecule has 0 spiro atoms. The van der Waals surface area contributed by atoms with Crippen LogP contribution < -0.4 is 5.32 Å². The number of aryl methyl sites for hydroxylation is 2. The lowest BCUT2D eigenvalue weighted by Gasteiger charge is -2.21. The van der Waals surface area contributed by atoms with Gasteiger partial charge in [0, 0.05) is 45.2 Å². The zero-order valence-electron chi connectivity index (χ0n) is 21.8. The first kappa shape index (κ1) is 26.1. The second-order valence-electron chi connectivity index (χ2n) is 9.54. The average molecular weight is 502 g/mol. The molecular formula is C29H35N5O3. The van der Waals surface area contributed by atoms with E-state index in [2.05, 4.69) is 16.5 Å². The van der Waals surface area contributed by atoms with Crippen molar-refractivity contribution >= 4 is 17.7 Å². The number of nitrogens with one attached hydrogen (secondary N) is 1. The molecule has 1 N–H and O–H groups in total. The van der Waals surface area contributed by atoms with E-state index < -0.39 is 0 Å². The lowest BCUT2D eigenvalue weighted by atomic mass is 10.1. The molecule has 1 aliphatic rings. The number of rotatable bonds is 9. The molecule has 0 bridgehead atoms. The predicted octanol–water partition coefficient (Wildman–Crippen LogP) is 3.97. The maximum atomic E-state index is 13.3. The molecule has 0 aliphatic carbocycles. The van der Waals surface area contributed by atoms with Gasteiger partial charge >= 0.3 is 0 Å². The maximum absolute atomic E-state index is 13.3. The molecule has 3 aromatic rings. The Bertz CT molecular complexity index is 1250. The first-order chi connectivity index (χ1) is 17.9. The molecule has 3 amide bonds. The van der Waals surface area contributed by atoms with Crippen LogP contribution in [0.3, 0.4) is 0 Å². The van der Waals surface area contributed by atoms with Crippen molar-refractivity contribution in [1.29, 1.82) is 0 Å². The monoisotopic (exact) mass is 501 g/mol. The van der Waals surface area contributed by atoms with Crippen LogP contribution in [0.25, 0.3) is 0 Å². The number of hydrogen-bond acceptors (Lipinski definition) is 4. The standard InChI is InChI=1S/C29H35N5O3/c1-4-32(17-14-27(35)30-22(3)24-12-6-5-7-13-24)28(36)25-19-26-29(37)33(15-9-16-34(26)31-25)20-23-11-8-10-21(2)18-23/h5-8,10-13,18-19,22H,4,9,14-17,20H2,1-3H3,(H,30,35)/t22-/m0/s1. The summed E-state index contributed by atoms with van der Waals surface area (Å²) in [5, 5.41) is 7.47. The van der Waals surface area contributed by atoms with Gasteiger partial charge in [-0.15, -0.1) is 0 Å². The number of benzene rings is 2. The Balaban J connectivity index is 1.39. The van der Waals surface area contributed by atoms with Crippen LogP contribution in [0.15, 0.2) is 60.7 Å². The van der Waals surface area contributed by atoms with Gasteiger partial charge in [-0.05, 0) is 38.3 Å². The first-order valence-corrected chi connectivity index (χ1v) is 12.9. The number of carbonyl (C=O) groups is 3. The lowest BCUT2D eigenvalue weighted by molar-refractivity contribution is -0.121.